The molecule has 0 aliphatic carbocycles. The van der Waals surface area contributed by atoms with Crippen LogP contribution < -0.4 is 15.0 Å². The van der Waals surface area contributed by atoms with Crippen molar-refractivity contribution < 1.29 is 18.8 Å². The second-order valence-corrected chi connectivity index (χ2v) is 9.63. The van der Waals surface area contributed by atoms with Crippen LogP contribution in [0.2, 0.25) is 0 Å². The van der Waals surface area contributed by atoms with Gasteiger partial charge in [0, 0.05) is 38.0 Å². The number of carbonyl (C=O) groups excluding carboxylic acids is 1. The number of aryl methyl sites for hydroxylation is 2. The Morgan fingerprint density at radius 1 is 1.19 bits per heavy atom. The number of aromatic nitrogens is 4. The number of nitrogens with one attached hydrogen (secondary N) is 1. The highest BCUT2D eigenvalue weighted by molar-refractivity contribution is 5.94. The van der Waals surface area contributed by atoms with Crippen LogP contribution >= 0.6 is 0 Å². The zero-order chi connectivity index (χ0) is 25.5. The Morgan fingerprint density at radius 2 is 2.03 bits per heavy atom. The molecule has 0 spiro atoms. The number of carbonyl (C=O) groups is 1. The Labute approximate surface area is 214 Å². The fraction of sp³-hybridized carbons (Fsp3) is 0.407. The van der Waals surface area contributed by atoms with Crippen molar-refractivity contribution in [2.24, 2.45) is 0 Å². The number of rotatable bonds is 6. The van der Waals surface area contributed by atoms with Crippen molar-refractivity contribution in [1.82, 2.24) is 25.0 Å². The third kappa shape index (κ3) is 4.11. The van der Waals surface area contributed by atoms with Gasteiger partial charge in [0.15, 0.2) is 5.75 Å². The van der Waals surface area contributed by atoms with Crippen LogP contribution in [-0.2, 0) is 9.53 Å². The molecule has 1 N–H and O–H groups in total. The van der Waals surface area contributed by atoms with E-state index in [9.17, 15) is 4.79 Å². The molecule has 0 saturated carbocycles. The minimum Gasteiger partial charge on any atom is -0.488 e. The van der Waals surface area contributed by atoms with E-state index < -0.39 is 0 Å². The molecule has 37 heavy (non-hydrogen) atoms. The highest BCUT2D eigenvalue weighted by Crippen LogP contribution is 2.46. The van der Waals surface area contributed by atoms with Crippen molar-refractivity contribution in [3.63, 3.8) is 0 Å². The van der Waals surface area contributed by atoms with Crippen molar-refractivity contribution in [1.29, 1.82) is 0 Å². The highest BCUT2D eigenvalue weighted by Gasteiger charge is 2.34. The number of piperidine rings is 1. The highest BCUT2D eigenvalue weighted by atomic mass is 16.5. The SMILES string of the molecule is COCC(=O)NC1CCN(c2nc3ccc(-c4c(C)noc4C)c4c3n2[C@@H](c2ccccn2)CO4)CC1. The van der Waals surface area contributed by atoms with E-state index in [-0.39, 0.29) is 24.6 Å². The van der Waals surface area contributed by atoms with Gasteiger partial charge in [0.05, 0.1) is 22.5 Å². The van der Waals surface area contributed by atoms with Gasteiger partial charge in [-0.25, -0.2) is 4.98 Å². The first-order chi connectivity index (χ1) is 18.0. The molecule has 2 aliphatic heterocycles. The number of nitrogens with zero attached hydrogens (tertiary/aromatic N) is 5. The van der Waals surface area contributed by atoms with Gasteiger partial charge in [-0.1, -0.05) is 11.2 Å². The number of hydrogen-bond donors (Lipinski definition) is 1. The van der Waals surface area contributed by atoms with Crippen LogP contribution in [0, 0.1) is 13.8 Å². The summed E-state index contributed by atoms with van der Waals surface area (Å²) >= 11 is 0. The van der Waals surface area contributed by atoms with Gasteiger partial charge in [-0.15, -0.1) is 0 Å². The van der Waals surface area contributed by atoms with E-state index in [4.69, 9.17) is 19.0 Å². The van der Waals surface area contributed by atoms with Crippen molar-refractivity contribution in [2.75, 3.05) is 38.3 Å². The van der Waals surface area contributed by atoms with Gasteiger partial charge in [-0.2, -0.15) is 0 Å². The third-order valence-electron chi connectivity index (χ3n) is 7.23. The largest absolute Gasteiger partial charge is 0.488 e. The van der Waals surface area contributed by atoms with Gasteiger partial charge in [0.2, 0.25) is 11.9 Å². The summed E-state index contributed by atoms with van der Waals surface area (Å²) in [7, 11) is 1.53. The molecule has 2 aliphatic rings. The molecule has 0 bridgehead atoms. The molecular weight excluding hydrogens is 472 g/mol. The number of benzene rings is 1. The normalized spacial score (nSPS) is 17.7. The van der Waals surface area contributed by atoms with E-state index in [0.717, 1.165) is 76.9 Å². The molecule has 10 nitrogen and oxygen atoms in total. The van der Waals surface area contributed by atoms with E-state index >= 15 is 0 Å². The van der Waals surface area contributed by atoms with E-state index in [2.05, 4.69) is 24.9 Å². The lowest BCUT2D eigenvalue weighted by atomic mass is 10.0. The van der Waals surface area contributed by atoms with Gasteiger partial charge >= 0.3 is 0 Å². The summed E-state index contributed by atoms with van der Waals surface area (Å²) in [6.45, 7) is 5.95. The van der Waals surface area contributed by atoms with Gasteiger partial charge in [-0.3, -0.25) is 14.3 Å². The summed E-state index contributed by atoms with van der Waals surface area (Å²) in [6, 6.07) is 10.1. The molecule has 4 aromatic rings. The monoisotopic (exact) mass is 502 g/mol. The van der Waals surface area contributed by atoms with E-state index in [1.807, 2.05) is 50.4 Å². The van der Waals surface area contributed by atoms with Crippen LogP contribution in [0.3, 0.4) is 0 Å². The maximum absolute atomic E-state index is 12.0. The molecular formula is C27H30N6O4. The van der Waals surface area contributed by atoms with Crippen LogP contribution in [0.25, 0.3) is 22.2 Å². The maximum atomic E-state index is 12.0. The minimum absolute atomic E-state index is 0.0774. The van der Waals surface area contributed by atoms with Crippen molar-refractivity contribution in [3.05, 3.63) is 53.7 Å². The fourth-order valence-electron chi connectivity index (χ4n) is 5.53. The molecule has 192 valence electrons. The summed E-state index contributed by atoms with van der Waals surface area (Å²) < 4.78 is 19.2. The first-order valence-corrected chi connectivity index (χ1v) is 12.6. The minimum atomic E-state index is -0.118. The average Bonchev–Trinajstić information content (AvgIpc) is 3.46. The number of imidazole rings is 1. The smallest absolute Gasteiger partial charge is 0.246 e. The number of pyridine rings is 1. The van der Waals surface area contributed by atoms with Gasteiger partial charge in [0.1, 0.15) is 30.5 Å². The number of anilines is 1. The second kappa shape index (κ2) is 9.51. The van der Waals surface area contributed by atoms with Crippen molar-refractivity contribution in [2.45, 2.75) is 38.8 Å². The Kier molecular flexibility index (Phi) is 6.03. The zero-order valence-corrected chi connectivity index (χ0v) is 21.2. The van der Waals surface area contributed by atoms with Crippen molar-refractivity contribution in [3.8, 4) is 16.9 Å². The molecule has 0 radical (unpaired) electrons. The summed E-state index contributed by atoms with van der Waals surface area (Å²) in [4.78, 5) is 24.1. The number of amides is 1. The quantitative estimate of drug-likeness (QED) is 0.427. The van der Waals surface area contributed by atoms with Gasteiger partial charge in [0.25, 0.3) is 0 Å². The lowest BCUT2D eigenvalue weighted by Gasteiger charge is -2.35. The Balaban J connectivity index is 1.42. The van der Waals surface area contributed by atoms with Crippen LogP contribution in [0.1, 0.15) is 36.0 Å². The maximum Gasteiger partial charge on any atom is 0.246 e. The third-order valence-corrected chi connectivity index (χ3v) is 7.23. The fourth-order valence-corrected chi connectivity index (χ4v) is 5.53. The molecule has 1 aromatic carbocycles. The Hall–Kier alpha value is -3.92. The molecule has 1 amide bonds. The van der Waals surface area contributed by atoms with E-state index in [1.54, 1.807) is 0 Å². The predicted molar refractivity (Wildman–Crippen MR) is 138 cm³/mol. The first-order valence-electron chi connectivity index (χ1n) is 12.6. The van der Waals surface area contributed by atoms with Crippen LogP contribution in [0.5, 0.6) is 5.75 Å². The first kappa shape index (κ1) is 23.5. The van der Waals surface area contributed by atoms with E-state index in [1.165, 1.54) is 7.11 Å². The van der Waals surface area contributed by atoms with Gasteiger partial charge in [-0.05, 0) is 51.0 Å². The molecule has 1 fully saturated rings. The molecule has 0 unspecified atom stereocenters. The molecule has 5 heterocycles. The lowest BCUT2D eigenvalue weighted by Crippen LogP contribution is -2.46. The number of ether oxygens (including phenoxy) is 2. The van der Waals surface area contributed by atoms with Crippen LogP contribution in [0.15, 0.2) is 41.1 Å². The summed E-state index contributed by atoms with van der Waals surface area (Å²) in [5.74, 6) is 2.37. The molecule has 3 aromatic heterocycles. The Morgan fingerprint density at radius 3 is 2.73 bits per heavy atom. The number of hydrogen-bond acceptors (Lipinski definition) is 8. The van der Waals surface area contributed by atoms with E-state index in [0.29, 0.717) is 6.61 Å². The summed E-state index contributed by atoms with van der Waals surface area (Å²) in [5, 5.41) is 7.23. The average molecular weight is 503 g/mol. The second-order valence-electron chi connectivity index (χ2n) is 9.63. The predicted octanol–water partition coefficient (Wildman–Crippen LogP) is 3.42. The molecule has 6 rings (SSSR count). The summed E-state index contributed by atoms with van der Waals surface area (Å²) in [6.07, 6.45) is 3.48. The zero-order valence-electron chi connectivity index (χ0n) is 21.2. The molecule has 1 atom stereocenters. The molecule has 1 saturated heterocycles. The van der Waals surface area contributed by atoms with Crippen LogP contribution in [0.4, 0.5) is 5.95 Å². The topological polar surface area (TPSA) is 108 Å². The number of methoxy groups -OCH3 is 1. The molecule has 10 heteroatoms. The van der Waals surface area contributed by atoms with Crippen LogP contribution in [-0.4, -0.2) is 65.1 Å². The Bertz CT molecular complexity index is 1420. The standard InChI is InChI=1S/C27H30N6O4/c1-16-24(17(2)37-31-16)19-7-8-21-25-26(19)36-14-22(20-6-4-5-11-28-20)33(25)27(30-21)32-12-9-18(10-13-32)29-23(34)15-35-3/h4-8,11,18,22H,9-10,12-15H2,1-3H3,(H,29,34)/t22-/m1/s1. The van der Waals surface area contributed by atoms with Crippen molar-refractivity contribution >= 4 is 22.9 Å². The lowest BCUT2D eigenvalue weighted by molar-refractivity contribution is -0.125. The summed E-state index contributed by atoms with van der Waals surface area (Å²) in [5.41, 5.74) is 5.48. The van der Waals surface area contributed by atoms with Gasteiger partial charge < -0.3 is 24.2 Å².